The van der Waals surface area contributed by atoms with E-state index in [0.29, 0.717) is 17.1 Å². The number of nitrogens with one attached hydrogen (secondary N) is 1. The summed E-state index contributed by atoms with van der Waals surface area (Å²) in [6.45, 7) is 2.54. The Labute approximate surface area is 169 Å². The lowest BCUT2D eigenvalue weighted by atomic mass is 10.1. The van der Waals surface area contributed by atoms with E-state index in [1.165, 1.54) is 19.3 Å². The van der Waals surface area contributed by atoms with Crippen LogP contribution in [0.4, 0.5) is 5.82 Å². The van der Waals surface area contributed by atoms with Crippen molar-refractivity contribution in [3.8, 4) is 5.69 Å². The molecule has 0 bridgehead atoms. The summed E-state index contributed by atoms with van der Waals surface area (Å²) in [4.78, 5) is 19.3. The van der Waals surface area contributed by atoms with Crippen molar-refractivity contribution in [3.05, 3.63) is 71.1 Å². The largest absolute Gasteiger partial charge is 0.357 e. The topological polar surface area (TPSA) is 63.1 Å². The molecule has 1 amide bonds. The van der Waals surface area contributed by atoms with E-state index < -0.39 is 0 Å². The Bertz CT molecular complexity index is 965. The zero-order valence-electron chi connectivity index (χ0n) is 15.5. The van der Waals surface area contributed by atoms with Crippen LogP contribution in [0.15, 0.2) is 55.0 Å². The van der Waals surface area contributed by atoms with Gasteiger partial charge in [0.15, 0.2) is 0 Å². The fourth-order valence-electron chi connectivity index (χ4n) is 3.35. The van der Waals surface area contributed by atoms with Crippen LogP contribution in [-0.2, 0) is 6.54 Å². The van der Waals surface area contributed by atoms with Crippen LogP contribution < -0.4 is 10.2 Å². The molecule has 0 atom stereocenters. The number of carbonyl (C=O) groups excluding carboxylic acids is 1. The van der Waals surface area contributed by atoms with Gasteiger partial charge in [-0.2, -0.15) is 5.10 Å². The first-order valence-electron chi connectivity index (χ1n) is 9.48. The molecule has 4 rings (SSSR count). The number of halogens is 1. The van der Waals surface area contributed by atoms with E-state index in [2.05, 4.69) is 26.4 Å². The third-order valence-electron chi connectivity index (χ3n) is 4.86. The van der Waals surface area contributed by atoms with Crippen molar-refractivity contribution in [2.75, 3.05) is 18.0 Å². The van der Waals surface area contributed by atoms with Crippen LogP contribution in [0.25, 0.3) is 5.69 Å². The first-order chi connectivity index (χ1) is 13.7. The number of piperidine rings is 1. The summed E-state index contributed by atoms with van der Waals surface area (Å²) in [5, 5.41) is 7.84. The second kappa shape index (κ2) is 8.44. The lowest BCUT2D eigenvalue weighted by Crippen LogP contribution is -2.30. The lowest BCUT2D eigenvalue weighted by molar-refractivity contribution is 0.0951. The number of amides is 1. The molecule has 144 valence electrons. The van der Waals surface area contributed by atoms with Gasteiger partial charge in [-0.1, -0.05) is 17.7 Å². The molecule has 3 heterocycles. The van der Waals surface area contributed by atoms with Gasteiger partial charge in [0, 0.05) is 37.1 Å². The molecule has 0 saturated carbocycles. The molecule has 0 radical (unpaired) electrons. The Morgan fingerprint density at radius 2 is 2.00 bits per heavy atom. The van der Waals surface area contributed by atoms with Crippen molar-refractivity contribution in [2.24, 2.45) is 0 Å². The lowest BCUT2D eigenvalue weighted by Gasteiger charge is -2.27. The van der Waals surface area contributed by atoms with Crippen molar-refractivity contribution in [1.82, 2.24) is 20.1 Å². The van der Waals surface area contributed by atoms with E-state index in [1.807, 2.05) is 24.4 Å². The van der Waals surface area contributed by atoms with Gasteiger partial charge < -0.3 is 10.2 Å². The molecule has 0 spiro atoms. The van der Waals surface area contributed by atoms with Gasteiger partial charge in [-0.3, -0.25) is 4.79 Å². The van der Waals surface area contributed by atoms with Crippen molar-refractivity contribution >= 4 is 23.3 Å². The number of carbonyl (C=O) groups is 1. The molecule has 1 saturated heterocycles. The molecule has 7 heteroatoms. The van der Waals surface area contributed by atoms with Crippen LogP contribution in [0.2, 0.25) is 5.02 Å². The highest BCUT2D eigenvalue weighted by Crippen LogP contribution is 2.18. The summed E-state index contributed by atoms with van der Waals surface area (Å²) in [6.07, 6.45) is 8.77. The summed E-state index contributed by atoms with van der Waals surface area (Å²) < 4.78 is 1.64. The summed E-state index contributed by atoms with van der Waals surface area (Å²) in [5.74, 6) is 0.824. The predicted octanol–water partition coefficient (Wildman–Crippen LogP) is 3.84. The van der Waals surface area contributed by atoms with Gasteiger partial charge in [0.05, 0.1) is 17.4 Å². The third-order valence-corrected chi connectivity index (χ3v) is 5.10. The van der Waals surface area contributed by atoms with Crippen LogP contribution in [0.3, 0.4) is 0 Å². The summed E-state index contributed by atoms with van der Waals surface area (Å²) in [6, 6.07) is 11.3. The molecule has 1 aromatic carbocycles. The molecule has 1 fully saturated rings. The molecule has 1 aliphatic heterocycles. The van der Waals surface area contributed by atoms with Crippen molar-refractivity contribution in [2.45, 2.75) is 25.8 Å². The number of hydrogen-bond acceptors (Lipinski definition) is 4. The predicted molar refractivity (Wildman–Crippen MR) is 110 cm³/mol. The van der Waals surface area contributed by atoms with Crippen LogP contribution >= 0.6 is 11.6 Å². The van der Waals surface area contributed by atoms with E-state index in [-0.39, 0.29) is 5.91 Å². The number of benzene rings is 1. The summed E-state index contributed by atoms with van der Waals surface area (Å²) >= 11 is 6.02. The van der Waals surface area contributed by atoms with Gasteiger partial charge in [0.25, 0.3) is 5.91 Å². The molecule has 1 aliphatic rings. The number of aromatic nitrogens is 3. The van der Waals surface area contributed by atoms with E-state index in [4.69, 9.17) is 11.6 Å². The van der Waals surface area contributed by atoms with E-state index in [0.717, 1.165) is 30.2 Å². The minimum atomic E-state index is -0.162. The molecule has 1 N–H and O–H groups in total. The third kappa shape index (κ3) is 4.34. The normalized spacial score (nSPS) is 14.1. The first kappa shape index (κ1) is 18.5. The van der Waals surface area contributed by atoms with Crippen LogP contribution in [0.5, 0.6) is 0 Å². The standard InChI is InChI=1S/C21H22ClN5O/c22-18-5-4-6-19(12-18)27-15-17(14-25-27)21(28)24-13-16-7-8-23-20(11-16)26-9-2-1-3-10-26/h4-8,11-12,14-15H,1-3,9-10,13H2,(H,24,28). The molecule has 2 aromatic heterocycles. The fourth-order valence-corrected chi connectivity index (χ4v) is 3.54. The first-order valence-corrected chi connectivity index (χ1v) is 9.85. The Hall–Kier alpha value is -2.86. The van der Waals surface area contributed by atoms with Crippen molar-refractivity contribution in [3.63, 3.8) is 0 Å². The second-order valence-corrected chi connectivity index (χ2v) is 7.34. The number of hydrogen-bond donors (Lipinski definition) is 1. The molecular weight excluding hydrogens is 374 g/mol. The van der Waals surface area contributed by atoms with E-state index in [1.54, 1.807) is 29.2 Å². The van der Waals surface area contributed by atoms with Crippen LogP contribution in [0, 0.1) is 0 Å². The summed E-state index contributed by atoms with van der Waals surface area (Å²) in [5.41, 5.74) is 2.35. The molecule has 3 aromatic rings. The SMILES string of the molecule is O=C(NCc1ccnc(N2CCCCC2)c1)c1cnn(-c2cccc(Cl)c2)c1. The highest BCUT2D eigenvalue weighted by Gasteiger charge is 2.13. The molecule has 0 aliphatic carbocycles. The maximum atomic E-state index is 12.5. The zero-order chi connectivity index (χ0) is 19.3. The Morgan fingerprint density at radius 3 is 2.82 bits per heavy atom. The highest BCUT2D eigenvalue weighted by molar-refractivity contribution is 6.30. The van der Waals surface area contributed by atoms with Gasteiger partial charge in [-0.25, -0.2) is 9.67 Å². The number of pyridine rings is 1. The number of anilines is 1. The van der Waals surface area contributed by atoms with Gasteiger partial charge in [-0.05, 0) is 55.2 Å². The van der Waals surface area contributed by atoms with Gasteiger partial charge in [0.1, 0.15) is 5.82 Å². The van der Waals surface area contributed by atoms with E-state index >= 15 is 0 Å². The van der Waals surface area contributed by atoms with Gasteiger partial charge >= 0.3 is 0 Å². The van der Waals surface area contributed by atoms with Crippen molar-refractivity contribution < 1.29 is 4.79 Å². The van der Waals surface area contributed by atoms with Gasteiger partial charge in [0.2, 0.25) is 0 Å². The maximum Gasteiger partial charge on any atom is 0.254 e. The Morgan fingerprint density at radius 1 is 1.14 bits per heavy atom. The van der Waals surface area contributed by atoms with E-state index in [9.17, 15) is 4.79 Å². The number of rotatable bonds is 5. The number of nitrogens with zero attached hydrogens (tertiary/aromatic N) is 4. The highest BCUT2D eigenvalue weighted by atomic mass is 35.5. The Kier molecular flexibility index (Phi) is 5.58. The smallest absolute Gasteiger partial charge is 0.254 e. The maximum absolute atomic E-state index is 12.5. The van der Waals surface area contributed by atoms with Crippen LogP contribution in [-0.4, -0.2) is 33.8 Å². The molecule has 6 nitrogen and oxygen atoms in total. The molecule has 0 unspecified atom stereocenters. The fraction of sp³-hybridized carbons (Fsp3) is 0.286. The summed E-state index contributed by atoms with van der Waals surface area (Å²) in [7, 11) is 0. The monoisotopic (exact) mass is 395 g/mol. The average Bonchev–Trinajstić information content (AvgIpc) is 3.23. The minimum Gasteiger partial charge on any atom is -0.357 e. The average molecular weight is 396 g/mol. The van der Waals surface area contributed by atoms with Crippen molar-refractivity contribution in [1.29, 1.82) is 0 Å². The quantitative estimate of drug-likeness (QED) is 0.712. The van der Waals surface area contributed by atoms with Gasteiger partial charge in [-0.15, -0.1) is 0 Å². The second-order valence-electron chi connectivity index (χ2n) is 6.91. The zero-order valence-corrected chi connectivity index (χ0v) is 16.3. The minimum absolute atomic E-state index is 0.162. The Balaban J connectivity index is 1.39. The van der Waals surface area contributed by atoms with Crippen LogP contribution in [0.1, 0.15) is 35.2 Å². The molecule has 28 heavy (non-hydrogen) atoms. The molecular formula is C21H22ClN5O.